The van der Waals surface area contributed by atoms with Crippen LogP contribution in [-0.4, -0.2) is 31.8 Å². The molecule has 0 amide bonds. The van der Waals surface area contributed by atoms with Crippen molar-refractivity contribution in [1.29, 1.82) is 0 Å². The van der Waals surface area contributed by atoms with E-state index in [-0.39, 0.29) is 0 Å². The Morgan fingerprint density at radius 3 is 2.48 bits per heavy atom. The Bertz CT molecular complexity index is 578. The maximum Gasteiger partial charge on any atom is 0.421 e. The third-order valence-corrected chi connectivity index (χ3v) is 3.22. The Hall–Kier alpha value is -2.21. The lowest BCUT2D eigenvalue weighted by atomic mass is 10.3. The van der Waals surface area contributed by atoms with E-state index in [0.717, 1.165) is 30.4 Å². The molecule has 0 saturated heterocycles. The van der Waals surface area contributed by atoms with E-state index in [9.17, 15) is 0 Å². The molecule has 0 radical (unpaired) electrons. The van der Waals surface area contributed by atoms with Crippen molar-refractivity contribution in [2.75, 3.05) is 32.5 Å². The average Bonchev–Trinajstić information content (AvgIpc) is 2.77. The fraction of sp³-hybridized carbons (Fsp3) is 0.400. The van der Waals surface area contributed by atoms with Crippen LogP contribution in [0.5, 0.6) is 0 Å². The van der Waals surface area contributed by atoms with E-state index in [1.807, 2.05) is 59.9 Å². The molecule has 0 saturated carbocycles. The van der Waals surface area contributed by atoms with Gasteiger partial charge in [-0.1, -0.05) is 5.11 Å². The molecule has 2 rings (SSSR count). The number of aromatic nitrogens is 2. The largest absolute Gasteiger partial charge is 0.421 e. The van der Waals surface area contributed by atoms with Crippen LogP contribution in [0.1, 0.15) is 0 Å². The molecule has 0 fully saturated rings. The molecule has 2 N–H and O–H groups in total. The number of likely N-dealkylation sites (N-methyl/N-ethyl adjacent to an activating group) is 1. The monoisotopic (exact) mass is 288 g/mol. The van der Waals surface area contributed by atoms with E-state index in [2.05, 4.69) is 29.6 Å². The lowest BCUT2D eigenvalue weighted by Crippen LogP contribution is -3.06. The second-order valence-corrected chi connectivity index (χ2v) is 5.45. The molecule has 0 spiro atoms. The van der Waals surface area contributed by atoms with Gasteiger partial charge in [-0.15, -0.1) is 0 Å². The highest BCUT2D eigenvalue weighted by atomic mass is 15.3. The van der Waals surface area contributed by atoms with Crippen molar-refractivity contribution < 1.29 is 9.47 Å². The van der Waals surface area contributed by atoms with Crippen molar-refractivity contribution >= 4 is 17.3 Å². The predicted octanol–water partition coefficient (Wildman–Crippen LogP) is 0.821. The zero-order valence-corrected chi connectivity index (χ0v) is 13.2. The van der Waals surface area contributed by atoms with E-state index in [1.165, 1.54) is 4.90 Å². The van der Waals surface area contributed by atoms with Gasteiger partial charge in [0.05, 0.1) is 53.7 Å². The third-order valence-electron chi connectivity index (χ3n) is 3.22. The van der Waals surface area contributed by atoms with Crippen LogP contribution in [0.3, 0.4) is 0 Å². The Morgan fingerprint density at radius 2 is 1.90 bits per heavy atom. The first kappa shape index (κ1) is 15.2. The number of rotatable bonds is 6. The maximum absolute atomic E-state index is 4.28. The molecule has 6 heteroatoms. The molecule has 0 aliphatic rings. The number of aryl methyl sites for hydroxylation is 2. The van der Waals surface area contributed by atoms with Crippen LogP contribution in [0, 0.1) is 0 Å². The van der Waals surface area contributed by atoms with Gasteiger partial charge in [0.2, 0.25) is 0 Å². The lowest BCUT2D eigenvalue weighted by molar-refractivity contribution is -0.856. The summed E-state index contributed by atoms with van der Waals surface area (Å²) in [5, 5.41) is 11.9. The molecule has 112 valence electrons. The molecule has 2 aromatic rings. The van der Waals surface area contributed by atoms with Crippen molar-refractivity contribution in [3.8, 4) is 0 Å². The number of azo groups is 1. The topological polar surface area (TPSA) is 50.0 Å². The number of nitrogens with one attached hydrogen (secondary N) is 2. The molecule has 0 aliphatic carbocycles. The van der Waals surface area contributed by atoms with Gasteiger partial charge in [-0.2, -0.15) is 0 Å². The minimum Gasteiger partial charge on any atom is -0.379 e. The van der Waals surface area contributed by atoms with Crippen molar-refractivity contribution in [3.63, 3.8) is 0 Å². The van der Waals surface area contributed by atoms with E-state index < -0.39 is 0 Å². The SMILES string of the molecule is Cn1cc[n+](C)c1N=Nc1ccc(NCC[NH+](C)C)cc1. The van der Waals surface area contributed by atoms with E-state index in [0.29, 0.717) is 0 Å². The second-order valence-electron chi connectivity index (χ2n) is 5.45. The van der Waals surface area contributed by atoms with Crippen LogP contribution in [0.2, 0.25) is 0 Å². The molecule has 1 aromatic carbocycles. The number of anilines is 1. The van der Waals surface area contributed by atoms with Crippen LogP contribution in [-0.2, 0) is 14.1 Å². The molecule has 0 bridgehead atoms. The molecule has 1 aromatic heterocycles. The fourth-order valence-corrected chi connectivity index (χ4v) is 1.93. The second kappa shape index (κ2) is 6.99. The number of nitrogens with zero attached hydrogens (tertiary/aromatic N) is 4. The summed E-state index contributed by atoms with van der Waals surface area (Å²) < 4.78 is 3.87. The van der Waals surface area contributed by atoms with Crippen molar-refractivity contribution in [2.45, 2.75) is 0 Å². The summed E-state index contributed by atoms with van der Waals surface area (Å²) >= 11 is 0. The molecule has 0 unspecified atom stereocenters. The van der Waals surface area contributed by atoms with Gasteiger partial charge in [0.1, 0.15) is 5.69 Å². The van der Waals surface area contributed by atoms with Crippen LogP contribution in [0.4, 0.5) is 17.3 Å². The summed E-state index contributed by atoms with van der Waals surface area (Å²) in [6, 6.07) is 8.00. The van der Waals surface area contributed by atoms with Gasteiger partial charge in [-0.25, -0.2) is 9.13 Å². The van der Waals surface area contributed by atoms with Crippen LogP contribution < -0.4 is 14.8 Å². The number of benzene rings is 1. The van der Waals surface area contributed by atoms with E-state index in [4.69, 9.17) is 0 Å². The Balaban J connectivity index is 1.96. The number of hydrogen-bond donors (Lipinski definition) is 2. The zero-order valence-electron chi connectivity index (χ0n) is 13.2. The van der Waals surface area contributed by atoms with Gasteiger partial charge >= 0.3 is 5.95 Å². The van der Waals surface area contributed by atoms with E-state index in [1.54, 1.807) is 0 Å². The average molecular weight is 288 g/mol. The van der Waals surface area contributed by atoms with Crippen molar-refractivity contribution in [3.05, 3.63) is 36.7 Å². The van der Waals surface area contributed by atoms with Gasteiger partial charge in [-0.3, -0.25) is 0 Å². The number of quaternary nitrogens is 1. The molecule has 21 heavy (non-hydrogen) atoms. The Kier molecular flexibility index (Phi) is 5.05. The maximum atomic E-state index is 4.28. The minimum absolute atomic E-state index is 0.811. The predicted molar refractivity (Wildman–Crippen MR) is 83.4 cm³/mol. The van der Waals surface area contributed by atoms with E-state index >= 15 is 0 Å². The summed E-state index contributed by atoms with van der Waals surface area (Å²) in [5.74, 6) is 0.811. The summed E-state index contributed by atoms with van der Waals surface area (Å²) in [6.07, 6.45) is 3.90. The Labute approximate surface area is 125 Å². The molecule has 0 atom stereocenters. The standard InChI is InChI=1S/C15H22N6/c1-19(2)10-9-16-13-5-7-14(8-6-13)17-18-15-20(3)11-12-21(15)4/h5-8,11-12H,9-10H2,1-4H3/p+2. The number of imidazole rings is 1. The number of hydrogen-bond acceptors (Lipinski definition) is 3. The summed E-state index contributed by atoms with van der Waals surface area (Å²) in [4.78, 5) is 1.43. The summed E-state index contributed by atoms with van der Waals surface area (Å²) in [7, 11) is 8.20. The fourth-order valence-electron chi connectivity index (χ4n) is 1.93. The molecule has 6 nitrogen and oxygen atoms in total. The summed E-state index contributed by atoms with van der Waals surface area (Å²) in [5.41, 5.74) is 1.96. The van der Waals surface area contributed by atoms with Gasteiger partial charge in [0, 0.05) is 10.8 Å². The molecular formula is C15H24N6+2. The molecule has 0 aliphatic heterocycles. The Morgan fingerprint density at radius 1 is 1.19 bits per heavy atom. The lowest BCUT2D eigenvalue weighted by Gasteiger charge is -2.09. The first-order valence-corrected chi connectivity index (χ1v) is 7.12. The highest BCUT2D eigenvalue weighted by molar-refractivity contribution is 5.50. The van der Waals surface area contributed by atoms with Crippen molar-refractivity contribution in [1.82, 2.24) is 4.57 Å². The minimum atomic E-state index is 0.811. The highest BCUT2D eigenvalue weighted by Gasteiger charge is 2.10. The van der Waals surface area contributed by atoms with Crippen molar-refractivity contribution in [2.24, 2.45) is 24.3 Å². The summed E-state index contributed by atoms with van der Waals surface area (Å²) in [6.45, 7) is 2.05. The smallest absolute Gasteiger partial charge is 0.379 e. The first-order chi connectivity index (χ1) is 10.1. The van der Waals surface area contributed by atoms with Crippen LogP contribution in [0.15, 0.2) is 46.9 Å². The van der Waals surface area contributed by atoms with Crippen LogP contribution in [0.25, 0.3) is 0 Å². The zero-order chi connectivity index (χ0) is 15.2. The molecule has 1 heterocycles. The highest BCUT2D eigenvalue weighted by Crippen LogP contribution is 2.18. The van der Waals surface area contributed by atoms with Gasteiger partial charge < -0.3 is 10.2 Å². The first-order valence-electron chi connectivity index (χ1n) is 7.12. The van der Waals surface area contributed by atoms with Crippen LogP contribution >= 0.6 is 0 Å². The van der Waals surface area contributed by atoms with Gasteiger partial charge in [0.15, 0.2) is 0 Å². The third kappa shape index (κ3) is 4.39. The quantitative estimate of drug-likeness (QED) is 0.600. The van der Waals surface area contributed by atoms with Gasteiger partial charge in [-0.05, 0) is 24.3 Å². The van der Waals surface area contributed by atoms with Gasteiger partial charge in [0.25, 0.3) is 0 Å². The normalized spacial score (nSPS) is 11.5. The molecular weight excluding hydrogens is 264 g/mol.